The second kappa shape index (κ2) is 8.82. The SMILES string of the molecule is Cc1ccc([C@@H](C)CC(=O)n2nc3c(c2-c2ccccc2)[C@H](C)CC[C@H]3C(C)C)cc1. The van der Waals surface area contributed by atoms with Crippen LogP contribution in [0.3, 0.4) is 0 Å². The van der Waals surface area contributed by atoms with E-state index in [1.54, 1.807) is 4.68 Å². The lowest BCUT2D eigenvalue weighted by atomic mass is 9.75. The average molecular weight is 415 g/mol. The van der Waals surface area contributed by atoms with Crippen LogP contribution in [0.25, 0.3) is 11.3 Å². The van der Waals surface area contributed by atoms with E-state index in [2.05, 4.69) is 71.0 Å². The minimum Gasteiger partial charge on any atom is -0.273 e. The predicted octanol–water partition coefficient (Wildman–Crippen LogP) is 7.33. The summed E-state index contributed by atoms with van der Waals surface area (Å²) in [6.45, 7) is 11.0. The van der Waals surface area contributed by atoms with Crippen molar-refractivity contribution in [3.63, 3.8) is 0 Å². The minimum atomic E-state index is 0.0797. The van der Waals surface area contributed by atoms with Crippen LogP contribution in [-0.4, -0.2) is 15.7 Å². The Kier molecular flexibility index (Phi) is 6.13. The third-order valence-corrected chi connectivity index (χ3v) is 6.92. The summed E-state index contributed by atoms with van der Waals surface area (Å²) >= 11 is 0. The van der Waals surface area contributed by atoms with E-state index in [1.807, 2.05) is 18.2 Å². The van der Waals surface area contributed by atoms with Crippen molar-refractivity contribution in [1.29, 1.82) is 0 Å². The monoisotopic (exact) mass is 414 g/mol. The van der Waals surface area contributed by atoms with Gasteiger partial charge in [-0.15, -0.1) is 0 Å². The van der Waals surface area contributed by atoms with E-state index >= 15 is 0 Å². The van der Waals surface area contributed by atoms with Crippen molar-refractivity contribution in [3.05, 3.63) is 77.0 Å². The number of hydrogen-bond donors (Lipinski definition) is 0. The highest BCUT2D eigenvalue weighted by Gasteiger charge is 2.35. The van der Waals surface area contributed by atoms with E-state index in [0.717, 1.165) is 29.8 Å². The normalized spacial score (nSPS) is 19.3. The van der Waals surface area contributed by atoms with Crippen molar-refractivity contribution < 1.29 is 4.79 Å². The number of hydrogen-bond acceptors (Lipinski definition) is 2. The smallest absolute Gasteiger partial charge is 0.248 e. The number of nitrogens with zero attached hydrogens (tertiary/aromatic N) is 2. The fourth-order valence-corrected chi connectivity index (χ4v) is 4.98. The summed E-state index contributed by atoms with van der Waals surface area (Å²) in [6, 6.07) is 18.8. The molecule has 0 aliphatic heterocycles. The number of carbonyl (C=O) groups excluding carboxylic acids is 1. The van der Waals surface area contributed by atoms with Crippen molar-refractivity contribution in [3.8, 4) is 11.3 Å². The number of aryl methyl sites for hydroxylation is 1. The number of rotatable bonds is 5. The van der Waals surface area contributed by atoms with Gasteiger partial charge in [-0.2, -0.15) is 9.78 Å². The van der Waals surface area contributed by atoms with Gasteiger partial charge in [-0.25, -0.2) is 0 Å². The van der Waals surface area contributed by atoms with Gasteiger partial charge >= 0.3 is 0 Å². The van der Waals surface area contributed by atoms with E-state index in [1.165, 1.54) is 16.7 Å². The first-order valence-corrected chi connectivity index (χ1v) is 11.6. The zero-order valence-electron chi connectivity index (χ0n) is 19.4. The molecular formula is C28H34N2O. The maximum Gasteiger partial charge on any atom is 0.248 e. The van der Waals surface area contributed by atoms with Gasteiger partial charge < -0.3 is 0 Å². The van der Waals surface area contributed by atoms with Crippen molar-refractivity contribution in [2.75, 3.05) is 0 Å². The standard InChI is InChI=1S/C28H34N2O/c1-18(2)24-16-13-20(4)26-27(24)29-30(28(26)23-9-7-6-8-10-23)25(31)17-21(5)22-14-11-19(3)12-15-22/h6-12,14-15,18,20-21,24H,13,16-17H2,1-5H3/t20-,21+,24+/m1/s1. The molecule has 3 aromatic rings. The molecule has 0 N–H and O–H groups in total. The summed E-state index contributed by atoms with van der Waals surface area (Å²) in [5.74, 6) is 1.57. The van der Waals surface area contributed by atoms with Crippen molar-refractivity contribution in [1.82, 2.24) is 9.78 Å². The van der Waals surface area contributed by atoms with Crippen LogP contribution in [0.5, 0.6) is 0 Å². The Morgan fingerprint density at radius 3 is 2.35 bits per heavy atom. The second-order valence-corrected chi connectivity index (χ2v) is 9.66. The Balaban J connectivity index is 1.77. The van der Waals surface area contributed by atoms with Gasteiger partial charge in [0.15, 0.2) is 0 Å². The Bertz CT molecular complexity index is 1050. The first kappa shape index (κ1) is 21.5. The molecule has 0 fully saturated rings. The zero-order chi connectivity index (χ0) is 22.1. The van der Waals surface area contributed by atoms with E-state index in [0.29, 0.717) is 24.2 Å². The van der Waals surface area contributed by atoms with Gasteiger partial charge in [0.25, 0.3) is 0 Å². The van der Waals surface area contributed by atoms with Crippen LogP contribution in [0.2, 0.25) is 0 Å². The molecule has 4 rings (SSSR count). The molecule has 1 aromatic heterocycles. The second-order valence-electron chi connectivity index (χ2n) is 9.66. The Morgan fingerprint density at radius 1 is 1.03 bits per heavy atom. The highest BCUT2D eigenvalue weighted by atomic mass is 16.2. The van der Waals surface area contributed by atoms with Crippen LogP contribution >= 0.6 is 0 Å². The summed E-state index contributed by atoms with van der Waals surface area (Å²) in [5, 5.41) is 5.01. The molecule has 31 heavy (non-hydrogen) atoms. The van der Waals surface area contributed by atoms with Crippen LogP contribution in [0.1, 0.15) is 91.9 Å². The third-order valence-electron chi connectivity index (χ3n) is 6.92. The van der Waals surface area contributed by atoms with Crippen LogP contribution < -0.4 is 0 Å². The van der Waals surface area contributed by atoms with Crippen LogP contribution in [0.4, 0.5) is 0 Å². The molecule has 0 saturated heterocycles. The zero-order valence-corrected chi connectivity index (χ0v) is 19.4. The van der Waals surface area contributed by atoms with E-state index in [-0.39, 0.29) is 11.8 Å². The maximum atomic E-state index is 13.6. The molecule has 0 bridgehead atoms. The lowest BCUT2D eigenvalue weighted by Gasteiger charge is -2.28. The van der Waals surface area contributed by atoms with E-state index < -0.39 is 0 Å². The lowest BCUT2D eigenvalue weighted by Crippen LogP contribution is -2.17. The number of benzene rings is 2. The number of aromatic nitrogens is 2. The van der Waals surface area contributed by atoms with E-state index in [4.69, 9.17) is 5.10 Å². The first-order valence-electron chi connectivity index (χ1n) is 11.6. The topological polar surface area (TPSA) is 34.9 Å². The Morgan fingerprint density at radius 2 is 1.71 bits per heavy atom. The molecule has 1 aliphatic carbocycles. The Hall–Kier alpha value is -2.68. The molecule has 1 heterocycles. The highest BCUT2D eigenvalue weighted by Crippen LogP contribution is 2.46. The predicted molar refractivity (Wildman–Crippen MR) is 128 cm³/mol. The fourth-order valence-electron chi connectivity index (χ4n) is 4.98. The maximum absolute atomic E-state index is 13.6. The van der Waals surface area contributed by atoms with Gasteiger partial charge in [0.05, 0.1) is 11.4 Å². The molecule has 162 valence electrons. The molecule has 0 saturated carbocycles. The van der Waals surface area contributed by atoms with Crippen LogP contribution in [0, 0.1) is 12.8 Å². The summed E-state index contributed by atoms with van der Waals surface area (Å²) in [6.07, 6.45) is 2.74. The summed E-state index contributed by atoms with van der Waals surface area (Å²) in [5.41, 5.74) is 6.96. The molecule has 0 unspecified atom stereocenters. The van der Waals surface area contributed by atoms with Gasteiger partial charge in [0.2, 0.25) is 5.91 Å². The number of carbonyl (C=O) groups is 1. The molecule has 0 radical (unpaired) electrons. The van der Waals surface area contributed by atoms with Gasteiger partial charge in [0, 0.05) is 23.5 Å². The largest absolute Gasteiger partial charge is 0.273 e. The quantitative estimate of drug-likeness (QED) is 0.438. The molecule has 0 amide bonds. The van der Waals surface area contributed by atoms with Gasteiger partial charge in [-0.3, -0.25) is 4.79 Å². The molecule has 3 atom stereocenters. The van der Waals surface area contributed by atoms with Crippen molar-refractivity contribution in [2.24, 2.45) is 5.92 Å². The summed E-state index contributed by atoms with van der Waals surface area (Å²) < 4.78 is 1.74. The summed E-state index contributed by atoms with van der Waals surface area (Å²) in [4.78, 5) is 13.6. The van der Waals surface area contributed by atoms with Crippen molar-refractivity contribution >= 4 is 5.91 Å². The molecule has 0 spiro atoms. The van der Waals surface area contributed by atoms with Gasteiger partial charge in [-0.1, -0.05) is 87.9 Å². The van der Waals surface area contributed by atoms with Crippen LogP contribution in [-0.2, 0) is 0 Å². The molecule has 1 aliphatic rings. The van der Waals surface area contributed by atoms with Gasteiger partial charge in [0.1, 0.15) is 0 Å². The average Bonchev–Trinajstić information content (AvgIpc) is 3.16. The molecule has 3 heteroatoms. The summed E-state index contributed by atoms with van der Waals surface area (Å²) in [7, 11) is 0. The molecule has 3 nitrogen and oxygen atoms in total. The van der Waals surface area contributed by atoms with Gasteiger partial charge in [-0.05, 0) is 43.1 Å². The van der Waals surface area contributed by atoms with Crippen LogP contribution in [0.15, 0.2) is 54.6 Å². The van der Waals surface area contributed by atoms with Crippen molar-refractivity contribution in [2.45, 2.75) is 71.6 Å². The fraction of sp³-hybridized carbons (Fsp3) is 0.429. The van der Waals surface area contributed by atoms with E-state index in [9.17, 15) is 4.79 Å². The number of fused-ring (bicyclic) bond motifs is 1. The lowest BCUT2D eigenvalue weighted by molar-refractivity contribution is 0.0880. The molecule has 2 aromatic carbocycles. The molecular weight excluding hydrogens is 380 g/mol. The first-order chi connectivity index (χ1) is 14.9. The minimum absolute atomic E-state index is 0.0797. The highest BCUT2D eigenvalue weighted by molar-refractivity contribution is 5.85. The Labute approximate surface area is 186 Å². The third kappa shape index (κ3) is 4.23.